The number of anilines is 2. The van der Waals surface area contributed by atoms with Gasteiger partial charge in [-0.3, -0.25) is 4.79 Å². The normalized spacial score (nSPS) is 13.8. The van der Waals surface area contributed by atoms with Crippen LogP contribution in [0.4, 0.5) is 15.1 Å². The van der Waals surface area contributed by atoms with Crippen LogP contribution < -0.4 is 4.90 Å². The van der Waals surface area contributed by atoms with E-state index >= 15 is 0 Å². The highest BCUT2D eigenvalue weighted by molar-refractivity contribution is 7.17. The Bertz CT molecular complexity index is 579. The molecule has 0 aliphatic carbocycles. The molecule has 17 heavy (non-hydrogen) atoms. The molecule has 0 unspecified atom stereocenters. The van der Waals surface area contributed by atoms with E-state index in [-0.39, 0.29) is 5.82 Å². The van der Waals surface area contributed by atoms with Gasteiger partial charge in [0.1, 0.15) is 5.82 Å². The number of halogens is 1. The van der Waals surface area contributed by atoms with E-state index in [1.54, 1.807) is 12.1 Å². The molecule has 1 aromatic heterocycles. The Hall–Kier alpha value is -1.68. The first-order chi connectivity index (χ1) is 8.28. The van der Waals surface area contributed by atoms with Gasteiger partial charge in [-0.25, -0.2) is 4.39 Å². The van der Waals surface area contributed by atoms with E-state index in [1.165, 1.54) is 17.4 Å². The molecule has 3 rings (SSSR count). The molecule has 0 bridgehead atoms. The van der Waals surface area contributed by atoms with E-state index in [4.69, 9.17) is 0 Å². The predicted octanol–water partition coefficient (Wildman–Crippen LogP) is 3.39. The van der Waals surface area contributed by atoms with Gasteiger partial charge < -0.3 is 4.90 Å². The van der Waals surface area contributed by atoms with Gasteiger partial charge in [0.25, 0.3) is 0 Å². The van der Waals surface area contributed by atoms with Crippen molar-refractivity contribution in [2.45, 2.75) is 6.42 Å². The lowest BCUT2D eigenvalue weighted by Gasteiger charge is -2.16. The van der Waals surface area contributed by atoms with E-state index in [2.05, 4.69) is 4.90 Å². The Morgan fingerprint density at radius 1 is 1.29 bits per heavy atom. The molecule has 1 aliphatic heterocycles. The van der Waals surface area contributed by atoms with Crippen molar-refractivity contribution in [1.29, 1.82) is 0 Å². The summed E-state index contributed by atoms with van der Waals surface area (Å²) in [7, 11) is 0. The van der Waals surface area contributed by atoms with Crippen LogP contribution in [0.3, 0.4) is 0 Å². The van der Waals surface area contributed by atoms with Gasteiger partial charge in [0.15, 0.2) is 6.29 Å². The number of benzene rings is 1. The fraction of sp³-hybridized carbons (Fsp3) is 0.154. The quantitative estimate of drug-likeness (QED) is 0.758. The minimum atomic E-state index is -0.220. The highest BCUT2D eigenvalue weighted by Crippen LogP contribution is 2.38. The molecule has 0 saturated carbocycles. The molecular weight excluding hydrogens is 237 g/mol. The number of thiophene rings is 1. The van der Waals surface area contributed by atoms with Gasteiger partial charge in [-0.15, -0.1) is 11.3 Å². The summed E-state index contributed by atoms with van der Waals surface area (Å²) in [5.74, 6) is -0.220. The highest BCUT2D eigenvalue weighted by atomic mass is 32.1. The Labute approximate surface area is 102 Å². The number of carbonyl (C=O) groups is 1. The van der Waals surface area contributed by atoms with Gasteiger partial charge in [-0.1, -0.05) is 6.07 Å². The first-order valence-electron chi connectivity index (χ1n) is 5.39. The van der Waals surface area contributed by atoms with Crippen molar-refractivity contribution in [3.63, 3.8) is 0 Å². The van der Waals surface area contributed by atoms with Crippen LogP contribution in [0.1, 0.15) is 15.2 Å². The van der Waals surface area contributed by atoms with E-state index in [1.807, 2.05) is 12.1 Å². The summed E-state index contributed by atoms with van der Waals surface area (Å²) in [5, 5.41) is 0.997. The van der Waals surface area contributed by atoms with Gasteiger partial charge in [0.05, 0.1) is 9.88 Å². The number of hydrogen-bond donors (Lipinski definition) is 0. The molecule has 4 heteroatoms. The maximum atomic E-state index is 13.2. The van der Waals surface area contributed by atoms with Crippen LogP contribution in [0, 0.1) is 5.82 Å². The molecule has 2 nitrogen and oxygen atoms in total. The summed E-state index contributed by atoms with van der Waals surface area (Å²) in [4.78, 5) is 13.4. The molecule has 0 fully saturated rings. The average Bonchev–Trinajstić information content (AvgIpc) is 2.93. The first-order valence-corrected chi connectivity index (χ1v) is 6.20. The maximum absolute atomic E-state index is 13.2. The second-order valence-electron chi connectivity index (χ2n) is 3.97. The lowest BCUT2D eigenvalue weighted by atomic mass is 10.2. The zero-order chi connectivity index (χ0) is 11.8. The molecule has 0 atom stereocenters. The fourth-order valence-corrected chi connectivity index (χ4v) is 2.99. The largest absolute Gasteiger partial charge is 0.333 e. The lowest BCUT2D eigenvalue weighted by Crippen LogP contribution is -2.11. The molecule has 2 aromatic rings. The molecule has 1 aromatic carbocycles. The Morgan fingerprint density at radius 3 is 2.94 bits per heavy atom. The van der Waals surface area contributed by atoms with E-state index < -0.39 is 0 Å². The number of rotatable bonds is 2. The van der Waals surface area contributed by atoms with Gasteiger partial charge >= 0.3 is 0 Å². The van der Waals surface area contributed by atoms with E-state index in [0.29, 0.717) is 4.88 Å². The first kappa shape index (κ1) is 10.5. The smallest absolute Gasteiger partial charge is 0.160 e. The number of aldehydes is 1. The van der Waals surface area contributed by atoms with E-state index in [0.717, 1.165) is 35.5 Å². The predicted molar refractivity (Wildman–Crippen MR) is 66.8 cm³/mol. The average molecular weight is 247 g/mol. The van der Waals surface area contributed by atoms with Crippen LogP contribution in [0.15, 0.2) is 30.3 Å². The Kier molecular flexibility index (Phi) is 2.44. The molecule has 0 N–H and O–H groups in total. The third kappa shape index (κ3) is 1.74. The number of hydrogen-bond acceptors (Lipinski definition) is 3. The van der Waals surface area contributed by atoms with Crippen molar-refractivity contribution < 1.29 is 9.18 Å². The summed E-state index contributed by atoms with van der Waals surface area (Å²) >= 11 is 1.44. The molecule has 86 valence electrons. The monoisotopic (exact) mass is 247 g/mol. The van der Waals surface area contributed by atoms with Crippen molar-refractivity contribution in [2.75, 3.05) is 11.4 Å². The SMILES string of the molecule is O=Cc1ccc(N2CCc3ccc(F)cc32)s1. The summed E-state index contributed by atoms with van der Waals surface area (Å²) in [6, 6.07) is 8.59. The Morgan fingerprint density at radius 2 is 2.18 bits per heavy atom. The van der Waals surface area contributed by atoms with Crippen molar-refractivity contribution in [3.8, 4) is 0 Å². The minimum Gasteiger partial charge on any atom is -0.333 e. The van der Waals surface area contributed by atoms with Crippen molar-refractivity contribution >= 4 is 28.3 Å². The number of carbonyl (C=O) groups excluding carboxylic acids is 1. The molecule has 2 heterocycles. The van der Waals surface area contributed by atoms with E-state index in [9.17, 15) is 9.18 Å². The van der Waals surface area contributed by atoms with Crippen molar-refractivity contribution in [1.82, 2.24) is 0 Å². The van der Waals surface area contributed by atoms with Gasteiger partial charge in [0, 0.05) is 12.2 Å². The fourth-order valence-electron chi connectivity index (χ4n) is 2.13. The number of fused-ring (bicyclic) bond motifs is 1. The topological polar surface area (TPSA) is 20.3 Å². The summed E-state index contributed by atoms with van der Waals surface area (Å²) in [5.41, 5.74) is 2.08. The maximum Gasteiger partial charge on any atom is 0.160 e. The summed E-state index contributed by atoms with van der Waals surface area (Å²) in [6.07, 6.45) is 1.76. The second-order valence-corrected chi connectivity index (χ2v) is 5.06. The molecule has 1 aliphatic rings. The standard InChI is InChI=1S/C13H10FNOS/c14-10-2-1-9-5-6-15(12(9)7-10)13-4-3-11(8-16)17-13/h1-4,7-8H,5-6H2. The zero-order valence-corrected chi connectivity index (χ0v) is 9.84. The molecule has 0 saturated heterocycles. The second kappa shape index (κ2) is 3.96. The third-order valence-corrected chi connectivity index (χ3v) is 3.97. The minimum absolute atomic E-state index is 0.220. The van der Waals surface area contributed by atoms with Gasteiger partial charge in [-0.2, -0.15) is 0 Å². The van der Waals surface area contributed by atoms with Crippen LogP contribution in [0.5, 0.6) is 0 Å². The number of nitrogens with zero attached hydrogens (tertiary/aromatic N) is 1. The van der Waals surface area contributed by atoms with Crippen LogP contribution >= 0.6 is 11.3 Å². The zero-order valence-electron chi connectivity index (χ0n) is 9.02. The van der Waals surface area contributed by atoms with Crippen LogP contribution in [0.2, 0.25) is 0 Å². The van der Waals surface area contributed by atoms with Crippen LogP contribution in [-0.4, -0.2) is 12.8 Å². The highest BCUT2D eigenvalue weighted by Gasteiger charge is 2.21. The third-order valence-electron chi connectivity index (χ3n) is 2.94. The molecule has 0 radical (unpaired) electrons. The van der Waals surface area contributed by atoms with Crippen molar-refractivity contribution in [3.05, 3.63) is 46.6 Å². The lowest BCUT2D eigenvalue weighted by molar-refractivity contribution is 0.112. The molecule has 0 amide bonds. The summed E-state index contributed by atoms with van der Waals surface area (Å²) < 4.78 is 13.2. The molecular formula is C13H10FNOS. The Balaban J connectivity index is 2.02. The van der Waals surface area contributed by atoms with Crippen LogP contribution in [-0.2, 0) is 6.42 Å². The van der Waals surface area contributed by atoms with Gasteiger partial charge in [-0.05, 0) is 36.2 Å². The molecule has 0 spiro atoms. The van der Waals surface area contributed by atoms with Gasteiger partial charge in [0.2, 0.25) is 0 Å². The van der Waals surface area contributed by atoms with Crippen molar-refractivity contribution in [2.24, 2.45) is 0 Å². The summed E-state index contributed by atoms with van der Waals surface area (Å²) in [6.45, 7) is 0.845. The van der Waals surface area contributed by atoms with Crippen LogP contribution in [0.25, 0.3) is 0 Å².